The highest BCUT2D eigenvalue weighted by molar-refractivity contribution is 5.96. The van der Waals surface area contributed by atoms with E-state index in [1.54, 1.807) is 7.05 Å². The van der Waals surface area contributed by atoms with Gasteiger partial charge in [0.05, 0.1) is 18.3 Å². The molecule has 2 rings (SSSR count). The van der Waals surface area contributed by atoms with Gasteiger partial charge >= 0.3 is 0 Å². The molecule has 1 fully saturated rings. The number of halogens is 1. The van der Waals surface area contributed by atoms with Crippen molar-refractivity contribution in [2.24, 2.45) is 0 Å². The first-order chi connectivity index (χ1) is 9.95. The summed E-state index contributed by atoms with van der Waals surface area (Å²) in [6.45, 7) is 0.439. The Labute approximate surface area is 124 Å². The fourth-order valence-corrected chi connectivity index (χ4v) is 2.81. The summed E-state index contributed by atoms with van der Waals surface area (Å²) in [5.41, 5.74) is -0.445. The standard InChI is InChI=1S/C16H22FNO3/c1-18(10-9-16(20)7-3-4-8-16)15(19)13-11-12(17)5-6-14(13)21-2/h5-6,11,20H,3-4,7-10H2,1-2H3. The number of nitrogens with zero attached hydrogens (tertiary/aromatic N) is 1. The lowest BCUT2D eigenvalue weighted by Crippen LogP contribution is -2.34. The zero-order valence-corrected chi connectivity index (χ0v) is 12.6. The number of hydrogen-bond donors (Lipinski definition) is 1. The average molecular weight is 295 g/mol. The molecule has 0 atom stereocenters. The van der Waals surface area contributed by atoms with Crippen molar-refractivity contribution < 1.29 is 19.0 Å². The van der Waals surface area contributed by atoms with E-state index in [1.807, 2.05) is 0 Å². The molecular formula is C16H22FNO3. The maximum atomic E-state index is 13.3. The predicted molar refractivity (Wildman–Crippen MR) is 77.9 cm³/mol. The van der Waals surface area contributed by atoms with Crippen molar-refractivity contribution in [2.75, 3.05) is 20.7 Å². The number of hydrogen-bond acceptors (Lipinski definition) is 3. The van der Waals surface area contributed by atoms with Gasteiger partial charge in [0, 0.05) is 13.6 Å². The molecule has 0 saturated heterocycles. The number of methoxy groups -OCH3 is 1. The van der Waals surface area contributed by atoms with Crippen molar-refractivity contribution in [1.29, 1.82) is 0 Å². The summed E-state index contributed by atoms with van der Waals surface area (Å²) in [6.07, 6.45) is 4.20. The largest absolute Gasteiger partial charge is 0.496 e. The first-order valence-electron chi connectivity index (χ1n) is 7.26. The molecule has 0 bridgehead atoms. The molecule has 21 heavy (non-hydrogen) atoms. The minimum absolute atomic E-state index is 0.207. The molecule has 0 aliphatic heterocycles. The highest BCUT2D eigenvalue weighted by Crippen LogP contribution is 2.32. The van der Waals surface area contributed by atoms with Gasteiger partial charge in [-0.3, -0.25) is 4.79 Å². The maximum absolute atomic E-state index is 13.3. The van der Waals surface area contributed by atoms with Gasteiger partial charge in [0.15, 0.2) is 0 Å². The number of ether oxygens (including phenoxy) is 1. The quantitative estimate of drug-likeness (QED) is 0.908. The summed E-state index contributed by atoms with van der Waals surface area (Å²) >= 11 is 0. The summed E-state index contributed by atoms with van der Waals surface area (Å²) in [6, 6.07) is 3.89. The summed E-state index contributed by atoms with van der Waals surface area (Å²) in [5, 5.41) is 10.3. The van der Waals surface area contributed by atoms with E-state index in [0.29, 0.717) is 18.7 Å². The number of aliphatic hydroxyl groups is 1. The van der Waals surface area contributed by atoms with Gasteiger partial charge in [0.1, 0.15) is 11.6 Å². The van der Waals surface area contributed by atoms with Crippen molar-refractivity contribution in [1.82, 2.24) is 4.90 Å². The van der Waals surface area contributed by atoms with E-state index in [9.17, 15) is 14.3 Å². The van der Waals surface area contributed by atoms with Crippen LogP contribution in [-0.2, 0) is 0 Å². The molecule has 0 aromatic heterocycles. The minimum atomic E-state index is -0.652. The molecule has 116 valence electrons. The number of carbonyl (C=O) groups excluding carboxylic acids is 1. The molecule has 0 unspecified atom stereocenters. The van der Waals surface area contributed by atoms with E-state index in [4.69, 9.17) is 4.74 Å². The van der Waals surface area contributed by atoms with Gasteiger partial charge < -0.3 is 14.7 Å². The molecule has 1 aromatic rings. The second-order valence-corrected chi connectivity index (χ2v) is 5.75. The van der Waals surface area contributed by atoms with Crippen LogP contribution in [0.2, 0.25) is 0 Å². The lowest BCUT2D eigenvalue weighted by atomic mass is 9.98. The van der Waals surface area contributed by atoms with Gasteiger partial charge in [-0.05, 0) is 37.5 Å². The molecule has 1 aliphatic rings. The first-order valence-corrected chi connectivity index (χ1v) is 7.26. The Morgan fingerprint density at radius 1 is 1.43 bits per heavy atom. The average Bonchev–Trinajstić information content (AvgIpc) is 2.91. The predicted octanol–water partition coefficient (Wildman–Crippen LogP) is 2.60. The Morgan fingerprint density at radius 2 is 2.10 bits per heavy atom. The van der Waals surface area contributed by atoms with E-state index < -0.39 is 11.4 Å². The minimum Gasteiger partial charge on any atom is -0.496 e. The molecule has 1 N–H and O–H groups in total. The maximum Gasteiger partial charge on any atom is 0.257 e. The SMILES string of the molecule is COc1ccc(F)cc1C(=O)N(C)CCC1(O)CCCC1. The zero-order valence-electron chi connectivity index (χ0n) is 12.6. The molecule has 1 saturated carbocycles. The van der Waals surface area contributed by atoms with Crippen molar-refractivity contribution in [2.45, 2.75) is 37.7 Å². The lowest BCUT2D eigenvalue weighted by Gasteiger charge is -2.26. The fourth-order valence-electron chi connectivity index (χ4n) is 2.81. The monoisotopic (exact) mass is 295 g/mol. The van der Waals surface area contributed by atoms with Crippen molar-refractivity contribution in [3.05, 3.63) is 29.6 Å². The van der Waals surface area contributed by atoms with Crippen LogP contribution in [0.1, 0.15) is 42.5 Å². The topological polar surface area (TPSA) is 49.8 Å². The van der Waals surface area contributed by atoms with Gasteiger partial charge in [-0.15, -0.1) is 0 Å². The van der Waals surface area contributed by atoms with Gasteiger partial charge in [-0.1, -0.05) is 12.8 Å². The Hall–Kier alpha value is -1.62. The first kappa shape index (κ1) is 15.8. The molecule has 0 spiro atoms. The number of benzene rings is 1. The van der Waals surface area contributed by atoms with E-state index in [1.165, 1.54) is 30.2 Å². The smallest absolute Gasteiger partial charge is 0.257 e. The summed E-state index contributed by atoms with van der Waals surface area (Å²) in [5.74, 6) is -0.414. The Balaban J connectivity index is 2.03. The lowest BCUT2D eigenvalue weighted by molar-refractivity contribution is 0.0295. The van der Waals surface area contributed by atoms with Crippen molar-refractivity contribution >= 4 is 5.91 Å². The third-order valence-electron chi connectivity index (χ3n) is 4.19. The molecule has 1 aromatic carbocycles. The molecular weight excluding hydrogens is 273 g/mol. The highest BCUT2D eigenvalue weighted by Gasteiger charge is 2.31. The van der Waals surface area contributed by atoms with Crippen molar-refractivity contribution in [3.63, 3.8) is 0 Å². The molecule has 4 nitrogen and oxygen atoms in total. The summed E-state index contributed by atoms with van der Waals surface area (Å²) in [4.78, 5) is 13.9. The van der Waals surface area contributed by atoms with Crippen LogP contribution in [0, 0.1) is 5.82 Å². The van der Waals surface area contributed by atoms with Gasteiger partial charge in [0.25, 0.3) is 5.91 Å². The third kappa shape index (κ3) is 3.73. The van der Waals surface area contributed by atoms with Gasteiger partial charge in [0.2, 0.25) is 0 Å². The van der Waals surface area contributed by atoms with Crippen LogP contribution in [0.3, 0.4) is 0 Å². The Kier molecular flexibility index (Phi) is 4.83. The number of amides is 1. The molecule has 0 heterocycles. The summed E-state index contributed by atoms with van der Waals surface area (Å²) in [7, 11) is 3.11. The third-order valence-corrected chi connectivity index (χ3v) is 4.19. The van der Waals surface area contributed by atoms with Crippen molar-refractivity contribution in [3.8, 4) is 5.75 Å². The van der Waals surface area contributed by atoms with Gasteiger partial charge in [-0.25, -0.2) is 4.39 Å². The number of rotatable bonds is 5. The normalized spacial score (nSPS) is 16.8. The van der Waals surface area contributed by atoms with Crippen LogP contribution in [0.5, 0.6) is 5.75 Å². The zero-order chi connectivity index (χ0) is 15.5. The van der Waals surface area contributed by atoms with Crippen LogP contribution in [0.15, 0.2) is 18.2 Å². The summed E-state index contributed by atoms with van der Waals surface area (Å²) < 4.78 is 18.4. The second kappa shape index (κ2) is 6.43. The van der Waals surface area contributed by atoms with Crippen LogP contribution in [0.25, 0.3) is 0 Å². The van der Waals surface area contributed by atoms with Crippen LogP contribution < -0.4 is 4.74 Å². The Morgan fingerprint density at radius 3 is 2.71 bits per heavy atom. The fraction of sp³-hybridized carbons (Fsp3) is 0.562. The van der Waals surface area contributed by atoms with Crippen LogP contribution >= 0.6 is 0 Å². The van der Waals surface area contributed by atoms with E-state index in [-0.39, 0.29) is 11.5 Å². The molecule has 5 heteroatoms. The van der Waals surface area contributed by atoms with E-state index in [0.717, 1.165) is 25.7 Å². The van der Waals surface area contributed by atoms with Crippen LogP contribution in [-0.4, -0.2) is 42.2 Å². The number of carbonyl (C=O) groups is 1. The van der Waals surface area contributed by atoms with Gasteiger partial charge in [-0.2, -0.15) is 0 Å². The second-order valence-electron chi connectivity index (χ2n) is 5.75. The molecule has 1 amide bonds. The molecule has 1 aliphatic carbocycles. The highest BCUT2D eigenvalue weighted by atomic mass is 19.1. The van der Waals surface area contributed by atoms with E-state index >= 15 is 0 Å². The Bertz CT molecular complexity index is 512. The van der Waals surface area contributed by atoms with E-state index in [2.05, 4.69) is 0 Å². The molecule has 0 radical (unpaired) electrons. The van der Waals surface area contributed by atoms with Crippen LogP contribution in [0.4, 0.5) is 4.39 Å².